The Kier molecular flexibility index (Phi) is 4.38. The molecule has 1 unspecified atom stereocenters. The molecular weight excluding hydrogens is 252 g/mol. The molecule has 1 saturated heterocycles. The molecule has 4 N–H and O–H groups in total. The molecule has 0 radical (unpaired) electrons. The van der Waals surface area contributed by atoms with Gasteiger partial charge in [-0.3, -0.25) is 9.80 Å². The highest BCUT2D eigenvalue weighted by Crippen LogP contribution is 2.34. The van der Waals surface area contributed by atoms with Crippen molar-refractivity contribution >= 4 is 5.91 Å². The molecule has 0 bridgehead atoms. The van der Waals surface area contributed by atoms with Crippen molar-refractivity contribution in [2.24, 2.45) is 17.5 Å². The number of rotatable bonds is 4. The van der Waals surface area contributed by atoms with Gasteiger partial charge >= 0.3 is 0 Å². The van der Waals surface area contributed by atoms with Crippen LogP contribution in [0, 0.1) is 5.92 Å². The Bertz CT molecular complexity index is 447. The summed E-state index contributed by atoms with van der Waals surface area (Å²) in [6.45, 7) is 6.72. The van der Waals surface area contributed by atoms with Gasteiger partial charge in [-0.2, -0.15) is 0 Å². The standard InChI is InChI=1S/C15H26N4O/c1-10(2)14(15(20)18-8-4-5-11(18)3)19(17)9-13(16)12-6-7-12/h9,11-12H,4-8,16-17H2,1-3H3/b13-9-. The normalized spacial score (nSPS) is 22.9. The fourth-order valence-corrected chi connectivity index (χ4v) is 2.70. The van der Waals surface area contributed by atoms with E-state index in [-0.39, 0.29) is 11.9 Å². The zero-order valence-corrected chi connectivity index (χ0v) is 12.7. The van der Waals surface area contributed by atoms with Crippen LogP contribution in [0.4, 0.5) is 0 Å². The number of hydrazine groups is 1. The predicted octanol–water partition coefficient (Wildman–Crippen LogP) is 1.68. The molecule has 1 aliphatic heterocycles. The molecule has 1 atom stereocenters. The van der Waals surface area contributed by atoms with E-state index >= 15 is 0 Å². The Morgan fingerprint density at radius 2 is 1.95 bits per heavy atom. The minimum Gasteiger partial charge on any atom is -0.401 e. The molecule has 5 heteroatoms. The maximum absolute atomic E-state index is 12.7. The number of hydrogen-bond donors (Lipinski definition) is 2. The molecule has 1 heterocycles. The van der Waals surface area contributed by atoms with Gasteiger partial charge in [-0.05, 0) is 52.0 Å². The highest BCUT2D eigenvalue weighted by molar-refractivity contribution is 5.94. The summed E-state index contributed by atoms with van der Waals surface area (Å²) in [5.41, 5.74) is 8.22. The number of hydrogen-bond acceptors (Lipinski definition) is 4. The molecule has 0 spiro atoms. The molecule has 2 fully saturated rings. The van der Waals surface area contributed by atoms with Gasteiger partial charge < -0.3 is 10.6 Å². The number of nitrogens with two attached hydrogens (primary N) is 2. The smallest absolute Gasteiger partial charge is 0.272 e. The monoisotopic (exact) mass is 278 g/mol. The largest absolute Gasteiger partial charge is 0.401 e. The molecule has 0 aromatic rings. The third-order valence-electron chi connectivity index (χ3n) is 4.09. The highest BCUT2D eigenvalue weighted by Gasteiger charge is 2.30. The van der Waals surface area contributed by atoms with E-state index in [1.807, 2.05) is 18.7 Å². The molecule has 1 aliphatic carbocycles. The van der Waals surface area contributed by atoms with Gasteiger partial charge in [0.25, 0.3) is 5.91 Å². The molecule has 1 amide bonds. The Balaban J connectivity index is 2.16. The summed E-state index contributed by atoms with van der Waals surface area (Å²) in [6, 6.07) is 0.287. The summed E-state index contributed by atoms with van der Waals surface area (Å²) in [6.07, 6.45) is 6.08. The van der Waals surface area contributed by atoms with Crippen LogP contribution >= 0.6 is 0 Å². The number of allylic oxidation sites excluding steroid dienone is 2. The van der Waals surface area contributed by atoms with Crippen LogP contribution in [0.15, 0.2) is 23.2 Å². The van der Waals surface area contributed by atoms with Crippen molar-refractivity contribution in [3.63, 3.8) is 0 Å². The number of amides is 1. The van der Waals surface area contributed by atoms with Gasteiger partial charge in [0.2, 0.25) is 0 Å². The second kappa shape index (κ2) is 5.87. The average molecular weight is 278 g/mol. The lowest BCUT2D eigenvalue weighted by molar-refractivity contribution is -0.129. The van der Waals surface area contributed by atoms with Crippen LogP contribution in [0.3, 0.4) is 0 Å². The average Bonchev–Trinajstić information content (AvgIpc) is 3.11. The van der Waals surface area contributed by atoms with Crippen LogP contribution in [-0.2, 0) is 4.79 Å². The SMILES string of the molecule is CC(C)=C(C(=O)N1CCCC1C)N(N)/C=C(\N)C1CC1. The van der Waals surface area contributed by atoms with Crippen LogP contribution in [0.2, 0.25) is 0 Å². The maximum Gasteiger partial charge on any atom is 0.272 e. The summed E-state index contributed by atoms with van der Waals surface area (Å²) in [5, 5.41) is 1.41. The van der Waals surface area contributed by atoms with Gasteiger partial charge in [0, 0.05) is 30.4 Å². The van der Waals surface area contributed by atoms with Gasteiger partial charge in [-0.25, -0.2) is 5.84 Å². The molecule has 2 rings (SSSR count). The first-order chi connectivity index (χ1) is 9.41. The van der Waals surface area contributed by atoms with Gasteiger partial charge in [-0.15, -0.1) is 0 Å². The lowest BCUT2D eigenvalue weighted by Gasteiger charge is -2.27. The minimum absolute atomic E-state index is 0.0114. The van der Waals surface area contributed by atoms with Gasteiger partial charge in [0.15, 0.2) is 0 Å². The Labute approximate surface area is 121 Å². The van der Waals surface area contributed by atoms with Gasteiger partial charge in [-0.1, -0.05) is 0 Å². The van der Waals surface area contributed by atoms with E-state index in [9.17, 15) is 4.79 Å². The second-order valence-corrected chi connectivity index (χ2v) is 6.15. The molecule has 2 aliphatic rings. The first-order valence-electron chi connectivity index (χ1n) is 7.41. The van der Waals surface area contributed by atoms with E-state index in [2.05, 4.69) is 6.92 Å². The lowest BCUT2D eigenvalue weighted by Crippen LogP contribution is -2.41. The summed E-state index contributed by atoms with van der Waals surface area (Å²) < 4.78 is 0. The summed E-state index contributed by atoms with van der Waals surface area (Å²) >= 11 is 0. The van der Waals surface area contributed by atoms with E-state index < -0.39 is 0 Å². The van der Waals surface area contributed by atoms with E-state index in [0.29, 0.717) is 11.6 Å². The van der Waals surface area contributed by atoms with Crippen molar-refractivity contribution in [2.75, 3.05) is 6.54 Å². The fraction of sp³-hybridized carbons (Fsp3) is 0.667. The number of nitrogens with zero attached hydrogens (tertiary/aromatic N) is 2. The zero-order valence-electron chi connectivity index (χ0n) is 12.7. The fourth-order valence-electron chi connectivity index (χ4n) is 2.70. The molecule has 0 aromatic heterocycles. The highest BCUT2D eigenvalue weighted by atomic mass is 16.2. The molecule has 112 valence electrons. The number of carbonyl (C=O) groups excluding carboxylic acids is 1. The van der Waals surface area contributed by atoms with Crippen molar-refractivity contribution in [3.05, 3.63) is 23.2 Å². The maximum atomic E-state index is 12.7. The van der Waals surface area contributed by atoms with Crippen molar-refractivity contribution in [1.82, 2.24) is 9.91 Å². The summed E-state index contributed by atoms with van der Waals surface area (Å²) in [5.74, 6) is 6.53. The number of carbonyl (C=O) groups is 1. The van der Waals surface area contributed by atoms with Crippen molar-refractivity contribution in [1.29, 1.82) is 0 Å². The first-order valence-corrected chi connectivity index (χ1v) is 7.41. The van der Waals surface area contributed by atoms with Crippen molar-refractivity contribution in [2.45, 2.75) is 52.5 Å². The van der Waals surface area contributed by atoms with E-state index in [1.54, 1.807) is 6.20 Å². The molecule has 5 nitrogen and oxygen atoms in total. The Hall–Kier alpha value is -1.49. The Morgan fingerprint density at radius 3 is 2.40 bits per heavy atom. The molecule has 20 heavy (non-hydrogen) atoms. The second-order valence-electron chi connectivity index (χ2n) is 6.15. The summed E-state index contributed by atoms with van der Waals surface area (Å²) in [7, 11) is 0. The van der Waals surface area contributed by atoms with Crippen LogP contribution in [0.25, 0.3) is 0 Å². The third kappa shape index (κ3) is 3.15. The lowest BCUT2D eigenvalue weighted by atomic mass is 10.2. The topological polar surface area (TPSA) is 75.6 Å². The van der Waals surface area contributed by atoms with Crippen LogP contribution < -0.4 is 11.6 Å². The first kappa shape index (κ1) is 14.9. The number of likely N-dealkylation sites (tertiary alicyclic amines) is 1. The van der Waals surface area contributed by atoms with Crippen molar-refractivity contribution < 1.29 is 4.79 Å². The van der Waals surface area contributed by atoms with E-state index in [1.165, 1.54) is 5.01 Å². The van der Waals surface area contributed by atoms with Crippen LogP contribution in [0.1, 0.15) is 46.5 Å². The molecule has 1 saturated carbocycles. The predicted molar refractivity (Wildman–Crippen MR) is 79.8 cm³/mol. The summed E-state index contributed by atoms with van der Waals surface area (Å²) in [4.78, 5) is 14.6. The van der Waals surface area contributed by atoms with Gasteiger partial charge in [0.05, 0.1) is 0 Å². The minimum atomic E-state index is 0.0114. The molecule has 0 aromatic carbocycles. The zero-order chi connectivity index (χ0) is 14.9. The third-order valence-corrected chi connectivity index (χ3v) is 4.09. The molecular formula is C15H26N4O. The van der Waals surface area contributed by atoms with E-state index in [4.69, 9.17) is 11.6 Å². The van der Waals surface area contributed by atoms with Crippen molar-refractivity contribution in [3.8, 4) is 0 Å². The van der Waals surface area contributed by atoms with Gasteiger partial charge in [0.1, 0.15) is 5.70 Å². The van der Waals surface area contributed by atoms with E-state index in [0.717, 1.165) is 43.5 Å². The quantitative estimate of drug-likeness (QED) is 0.466. The Morgan fingerprint density at radius 1 is 1.30 bits per heavy atom. The van der Waals surface area contributed by atoms with Crippen LogP contribution in [-0.4, -0.2) is 28.4 Å². The van der Waals surface area contributed by atoms with Crippen LogP contribution in [0.5, 0.6) is 0 Å².